The van der Waals surface area contributed by atoms with Crippen molar-refractivity contribution in [3.05, 3.63) is 35.4 Å². The van der Waals surface area contributed by atoms with Gasteiger partial charge in [-0.2, -0.15) is 13.2 Å². The van der Waals surface area contributed by atoms with E-state index in [1.807, 2.05) is 0 Å². The number of rotatable bonds is 5. The highest BCUT2D eigenvalue weighted by Gasteiger charge is 2.35. The highest BCUT2D eigenvalue weighted by atomic mass is 19.4. The molecule has 1 fully saturated rings. The first-order chi connectivity index (χ1) is 11.3. The van der Waals surface area contributed by atoms with Crippen LogP contribution in [0.5, 0.6) is 0 Å². The maximum atomic E-state index is 13.1. The van der Waals surface area contributed by atoms with Gasteiger partial charge in [0.05, 0.1) is 5.56 Å². The van der Waals surface area contributed by atoms with Gasteiger partial charge in [-0.15, -0.1) is 0 Å². The summed E-state index contributed by atoms with van der Waals surface area (Å²) in [6.07, 6.45) is -2.28. The van der Waals surface area contributed by atoms with Gasteiger partial charge in [-0.3, -0.25) is 4.79 Å². The smallest absolute Gasteiger partial charge is 0.381 e. The topological polar surface area (TPSA) is 38.3 Å². The Morgan fingerprint density at radius 2 is 1.88 bits per heavy atom. The average Bonchev–Trinajstić information content (AvgIpc) is 2.54. The van der Waals surface area contributed by atoms with Crippen LogP contribution in [-0.2, 0) is 15.7 Å². The normalized spacial score (nSPS) is 18.9. The molecule has 0 spiro atoms. The minimum atomic E-state index is -4.39. The lowest BCUT2D eigenvalue weighted by Crippen LogP contribution is -2.38. The number of benzene rings is 1. The molecule has 2 atom stereocenters. The van der Waals surface area contributed by atoms with Gasteiger partial charge < -0.3 is 10.1 Å². The summed E-state index contributed by atoms with van der Waals surface area (Å²) in [4.78, 5) is 12.2. The van der Waals surface area contributed by atoms with Gasteiger partial charge in [0, 0.05) is 31.6 Å². The van der Waals surface area contributed by atoms with E-state index in [2.05, 4.69) is 5.32 Å². The lowest BCUT2D eigenvalue weighted by molar-refractivity contribution is -0.138. The molecule has 134 valence electrons. The summed E-state index contributed by atoms with van der Waals surface area (Å²) < 4.78 is 44.7. The predicted octanol–water partition coefficient (Wildman–Crippen LogP) is 4.13. The number of halogens is 3. The molecule has 1 N–H and O–H groups in total. The third-order valence-corrected chi connectivity index (χ3v) is 4.71. The summed E-state index contributed by atoms with van der Waals surface area (Å²) in [5.41, 5.74) is -0.424. The summed E-state index contributed by atoms with van der Waals surface area (Å²) in [7, 11) is 0. The maximum Gasteiger partial charge on any atom is 0.416 e. The first kappa shape index (κ1) is 18.8. The molecule has 0 aromatic heterocycles. The lowest BCUT2D eigenvalue weighted by Gasteiger charge is -2.26. The van der Waals surface area contributed by atoms with E-state index in [1.165, 1.54) is 12.1 Å². The fourth-order valence-electron chi connectivity index (χ4n) is 3.07. The summed E-state index contributed by atoms with van der Waals surface area (Å²) in [5.74, 6) is -0.240. The molecule has 1 aliphatic rings. The molecular weight excluding hydrogens is 319 g/mol. The van der Waals surface area contributed by atoms with Crippen molar-refractivity contribution in [1.82, 2.24) is 5.32 Å². The number of alkyl halides is 3. The molecule has 1 heterocycles. The van der Waals surface area contributed by atoms with E-state index in [9.17, 15) is 18.0 Å². The second-order valence-electron chi connectivity index (χ2n) is 6.49. The third kappa shape index (κ3) is 4.97. The van der Waals surface area contributed by atoms with Gasteiger partial charge in [-0.25, -0.2) is 0 Å². The van der Waals surface area contributed by atoms with Crippen LogP contribution in [0.15, 0.2) is 24.3 Å². The zero-order valence-electron chi connectivity index (χ0n) is 14.0. The van der Waals surface area contributed by atoms with Crippen LogP contribution >= 0.6 is 0 Å². The molecule has 0 unspecified atom stereocenters. The number of carbonyl (C=O) groups is 1. The number of ether oxygens (including phenoxy) is 1. The van der Waals surface area contributed by atoms with Crippen LogP contribution in [0.3, 0.4) is 0 Å². The second kappa shape index (κ2) is 8.01. The Morgan fingerprint density at radius 3 is 2.50 bits per heavy atom. The molecule has 1 saturated heterocycles. The van der Waals surface area contributed by atoms with Crippen molar-refractivity contribution in [2.24, 2.45) is 5.92 Å². The zero-order chi connectivity index (χ0) is 17.7. The number of hydrogen-bond acceptors (Lipinski definition) is 2. The van der Waals surface area contributed by atoms with E-state index < -0.39 is 17.7 Å². The van der Waals surface area contributed by atoms with Gasteiger partial charge in [0.2, 0.25) is 5.91 Å². The molecule has 0 bridgehead atoms. The molecular formula is C18H24F3NO2. The van der Waals surface area contributed by atoms with Gasteiger partial charge in [-0.1, -0.05) is 25.1 Å². The van der Waals surface area contributed by atoms with Crippen molar-refractivity contribution in [1.29, 1.82) is 0 Å². The Kier molecular flexibility index (Phi) is 6.27. The fraction of sp³-hybridized carbons (Fsp3) is 0.611. The minimum Gasteiger partial charge on any atom is -0.381 e. The first-order valence-electron chi connectivity index (χ1n) is 8.32. The largest absolute Gasteiger partial charge is 0.416 e. The van der Waals surface area contributed by atoms with Crippen molar-refractivity contribution < 1.29 is 22.7 Å². The molecule has 1 aromatic rings. The van der Waals surface area contributed by atoms with Gasteiger partial charge in [-0.05, 0) is 37.3 Å². The lowest BCUT2D eigenvalue weighted by atomic mass is 9.89. The van der Waals surface area contributed by atoms with E-state index in [4.69, 9.17) is 4.74 Å². The fourth-order valence-corrected chi connectivity index (χ4v) is 3.07. The molecule has 3 nitrogen and oxygen atoms in total. The van der Waals surface area contributed by atoms with Crippen LogP contribution < -0.4 is 5.32 Å². The number of carbonyl (C=O) groups excluding carboxylic acids is 1. The number of nitrogens with one attached hydrogen (secondary N) is 1. The van der Waals surface area contributed by atoms with E-state index in [-0.39, 0.29) is 17.5 Å². The molecule has 0 saturated carbocycles. The molecule has 6 heteroatoms. The van der Waals surface area contributed by atoms with E-state index >= 15 is 0 Å². The average molecular weight is 343 g/mol. The molecule has 1 aromatic carbocycles. The van der Waals surface area contributed by atoms with E-state index in [1.54, 1.807) is 19.9 Å². The maximum absolute atomic E-state index is 13.1. The van der Waals surface area contributed by atoms with Crippen molar-refractivity contribution in [3.8, 4) is 0 Å². The summed E-state index contributed by atoms with van der Waals surface area (Å²) in [5, 5.41) is 2.86. The Morgan fingerprint density at radius 1 is 1.25 bits per heavy atom. The first-order valence-corrected chi connectivity index (χ1v) is 8.32. The van der Waals surface area contributed by atoms with Crippen LogP contribution in [0.25, 0.3) is 0 Å². The standard InChI is InChI=1S/C18H24F3NO2/c1-12(15-5-3-4-6-16(15)18(19,20)21)13(2)22-17(23)11-14-7-9-24-10-8-14/h3-6,12-14H,7-11H2,1-2H3,(H,22,23)/t12-,13-/m0/s1. The van der Waals surface area contributed by atoms with Gasteiger partial charge in [0.1, 0.15) is 0 Å². The quantitative estimate of drug-likeness (QED) is 0.873. The Balaban J connectivity index is 1.99. The second-order valence-corrected chi connectivity index (χ2v) is 6.49. The minimum absolute atomic E-state index is 0.106. The Labute approximate surface area is 140 Å². The molecule has 2 rings (SSSR count). The summed E-state index contributed by atoms with van der Waals surface area (Å²) >= 11 is 0. The summed E-state index contributed by atoms with van der Waals surface area (Å²) in [6, 6.07) is 5.17. The van der Waals surface area contributed by atoms with Crippen LogP contribution in [0, 0.1) is 5.92 Å². The molecule has 1 aliphatic heterocycles. The Bertz CT molecular complexity index is 553. The molecule has 1 amide bonds. The van der Waals surface area contributed by atoms with Gasteiger partial charge in [0.15, 0.2) is 0 Å². The van der Waals surface area contributed by atoms with Crippen molar-refractivity contribution in [2.75, 3.05) is 13.2 Å². The highest BCUT2D eigenvalue weighted by molar-refractivity contribution is 5.76. The monoisotopic (exact) mass is 343 g/mol. The van der Waals surface area contributed by atoms with Gasteiger partial charge >= 0.3 is 6.18 Å². The number of amides is 1. The van der Waals surface area contributed by atoms with Crippen LogP contribution in [-0.4, -0.2) is 25.2 Å². The van der Waals surface area contributed by atoms with E-state index in [0.29, 0.717) is 25.6 Å². The van der Waals surface area contributed by atoms with Gasteiger partial charge in [0.25, 0.3) is 0 Å². The molecule has 24 heavy (non-hydrogen) atoms. The van der Waals surface area contributed by atoms with Crippen LogP contribution in [0.1, 0.15) is 50.2 Å². The Hall–Kier alpha value is -1.56. The number of hydrogen-bond donors (Lipinski definition) is 1. The predicted molar refractivity (Wildman–Crippen MR) is 85.6 cm³/mol. The van der Waals surface area contributed by atoms with E-state index in [0.717, 1.165) is 18.9 Å². The molecule has 0 radical (unpaired) electrons. The van der Waals surface area contributed by atoms with Crippen molar-refractivity contribution in [2.45, 2.75) is 51.2 Å². The SMILES string of the molecule is C[C@H](NC(=O)CC1CCOCC1)[C@H](C)c1ccccc1C(F)(F)F. The third-order valence-electron chi connectivity index (χ3n) is 4.71. The zero-order valence-corrected chi connectivity index (χ0v) is 14.0. The van der Waals surface area contributed by atoms with Crippen LogP contribution in [0.2, 0.25) is 0 Å². The highest BCUT2D eigenvalue weighted by Crippen LogP contribution is 2.36. The summed E-state index contributed by atoms with van der Waals surface area (Å²) in [6.45, 7) is 4.80. The van der Waals surface area contributed by atoms with Crippen LogP contribution in [0.4, 0.5) is 13.2 Å². The van der Waals surface area contributed by atoms with Crippen molar-refractivity contribution in [3.63, 3.8) is 0 Å². The van der Waals surface area contributed by atoms with Crippen molar-refractivity contribution >= 4 is 5.91 Å². The molecule has 0 aliphatic carbocycles.